The Kier molecular flexibility index (Phi) is 4.12. The third-order valence-corrected chi connectivity index (χ3v) is 2.78. The van der Waals surface area contributed by atoms with Crippen LogP contribution in [0.15, 0.2) is 18.3 Å². The average Bonchev–Trinajstić information content (AvgIpc) is 2.42. The average molecular weight is 292 g/mol. The van der Waals surface area contributed by atoms with Crippen molar-refractivity contribution in [2.45, 2.75) is 18.9 Å². The van der Waals surface area contributed by atoms with Crippen molar-refractivity contribution in [2.75, 3.05) is 5.32 Å². The fraction of sp³-hybridized carbons (Fsp3) is 0.250. The summed E-state index contributed by atoms with van der Waals surface area (Å²) in [5.41, 5.74) is 0.135. The van der Waals surface area contributed by atoms with Gasteiger partial charge in [0.1, 0.15) is 11.7 Å². The smallest absolute Gasteiger partial charge is 0.354 e. The van der Waals surface area contributed by atoms with Crippen molar-refractivity contribution in [3.63, 3.8) is 0 Å². The van der Waals surface area contributed by atoms with Gasteiger partial charge in [0.15, 0.2) is 0 Å². The number of anilines is 1. The van der Waals surface area contributed by atoms with E-state index in [2.05, 4.69) is 20.9 Å². The van der Waals surface area contributed by atoms with Gasteiger partial charge < -0.3 is 15.7 Å². The second-order valence-electron chi connectivity index (χ2n) is 4.34. The zero-order valence-corrected chi connectivity index (χ0v) is 10.8. The second-order valence-corrected chi connectivity index (χ2v) is 4.34. The molecule has 1 saturated heterocycles. The van der Waals surface area contributed by atoms with Crippen LogP contribution in [0.2, 0.25) is 0 Å². The first-order chi connectivity index (χ1) is 9.95. The van der Waals surface area contributed by atoms with Gasteiger partial charge in [-0.05, 0) is 18.6 Å². The second kappa shape index (κ2) is 5.99. The van der Waals surface area contributed by atoms with Gasteiger partial charge in [-0.2, -0.15) is 0 Å². The van der Waals surface area contributed by atoms with Crippen LogP contribution in [-0.2, 0) is 9.59 Å². The van der Waals surface area contributed by atoms with E-state index in [1.165, 1.54) is 18.3 Å². The lowest BCUT2D eigenvalue weighted by atomic mass is 10.1. The molecule has 1 aliphatic heterocycles. The number of carbonyl (C=O) groups excluding carboxylic acids is 3. The standard InChI is InChI=1S/C12H12N4O5/c17-9-4-3-7(10(18)16-9)15-12(21)14-6-1-2-8(11(19)20)13-5-6/h1-2,5,7H,3-4H2,(H,19,20)(H2,14,15,21)(H,16,17,18). The van der Waals surface area contributed by atoms with Crippen molar-refractivity contribution in [3.05, 3.63) is 24.0 Å². The summed E-state index contributed by atoms with van der Waals surface area (Å²) in [5.74, 6) is -2.10. The third kappa shape index (κ3) is 3.75. The molecule has 9 nitrogen and oxygen atoms in total. The number of hydrogen-bond donors (Lipinski definition) is 4. The van der Waals surface area contributed by atoms with Crippen LogP contribution in [0.4, 0.5) is 10.5 Å². The summed E-state index contributed by atoms with van der Waals surface area (Å²) in [6.45, 7) is 0. The molecule has 0 bridgehead atoms. The van der Waals surface area contributed by atoms with Crippen LogP contribution >= 0.6 is 0 Å². The number of pyridine rings is 1. The number of carbonyl (C=O) groups is 4. The van der Waals surface area contributed by atoms with E-state index in [1.807, 2.05) is 0 Å². The van der Waals surface area contributed by atoms with Crippen molar-refractivity contribution in [1.82, 2.24) is 15.6 Å². The number of piperidine rings is 1. The maximum atomic E-state index is 11.7. The summed E-state index contributed by atoms with van der Waals surface area (Å²) in [7, 11) is 0. The number of urea groups is 1. The van der Waals surface area contributed by atoms with Crippen molar-refractivity contribution in [1.29, 1.82) is 0 Å². The number of imide groups is 1. The first-order valence-electron chi connectivity index (χ1n) is 6.06. The predicted molar refractivity (Wildman–Crippen MR) is 69.5 cm³/mol. The molecule has 0 saturated carbocycles. The lowest BCUT2D eigenvalue weighted by Crippen LogP contribution is -2.53. The lowest BCUT2D eigenvalue weighted by molar-refractivity contribution is -0.134. The molecule has 1 fully saturated rings. The largest absolute Gasteiger partial charge is 0.477 e. The van der Waals surface area contributed by atoms with Crippen LogP contribution in [0, 0.1) is 0 Å². The Bertz CT molecular complexity index is 598. The van der Waals surface area contributed by atoms with E-state index >= 15 is 0 Å². The van der Waals surface area contributed by atoms with Crippen LogP contribution in [0.5, 0.6) is 0 Å². The van der Waals surface area contributed by atoms with Crippen LogP contribution in [0.1, 0.15) is 23.3 Å². The van der Waals surface area contributed by atoms with Crippen molar-refractivity contribution < 1.29 is 24.3 Å². The van der Waals surface area contributed by atoms with Gasteiger partial charge in [0.2, 0.25) is 11.8 Å². The summed E-state index contributed by atoms with van der Waals surface area (Å²) < 4.78 is 0. The van der Waals surface area contributed by atoms with E-state index in [1.54, 1.807) is 0 Å². The number of carboxylic acids is 1. The summed E-state index contributed by atoms with van der Waals surface area (Å²) >= 11 is 0. The zero-order valence-electron chi connectivity index (χ0n) is 10.8. The highest BCUT2D eigenvalue weighted by molar-refractivity contribution is 6.02. The number of aromatic carboxylic acids is 1. The molecule has 1 aliphatic rings. The molecule has 4 N–H and O–H groups in total. The van der Waals surface area contributed by atoms with Gasteiger partial charge in [0.05, 0.1) is 11.9 Å². The maximum absolute atomic E-state index is 11.7. The van der Waals surface area contributed by atoms with Gasteiger partial charge in [0, 0.05) is 6.42 Å². The number of amides is 4. The topological polar surface area (TPSA) is 137 Å². The molecule has 2 rings (SSSR count). The Balaban J connectivity index is 1.91. The molecule has 4 amide bonds. The fourth-order valence-corrected chi connectivity index (χ4v) is 1.75. The predicted octanol–water partition coefficient (Wildman–Crippen LogP) is -0.294. The first-order valence-corrected chi connectivity index (χ1v) is 6.06. The number of rotatable bonds is 3. The van der Waals surface area contributed by atoms with Crippen molar-refractivity contribution in [3.8, 4) is 0 Å². The zero-order chi connectivity index (χ0) is 15.4. The first kappa shape index (κ1) is 14.4. The number of nitrogens with zero attached hydrogens (tertiary/aromatic N) is 1. The summed E-state index contributed by atoms with van der Waals surface area (Å²) in [6.07, 6.45) is 1.58. The van der Waals surface area contributed by atoms with E-state index in [4.69, 9.17) is 5.11 Å². The molecule has 2 heterocycles. The summed E-state index contributed by atoms with van der Waals surface area (Å²) in [6, 6.07) is 1.19. The summed E-state index contributed by atoms with van der Waals surface area (Å²) in [4.78, 5) is 48.4. The molecule has 0 aliphatic carbocycles. The highest BCUT2D eigenvalue weighted by Gasteiger charge is 2.27. The van der Waals surface area contributed by atoms with Gasteiger partial charge in [-0.15, -0.1) is 0 Å². The van der Waals surface area contributed by atoms with Gasteiger partial charge >= 0.3 is 12.0 Å². The highest BCUT2D eigenvalue weighted by Crippen LogP contribution is 2.08. The van der Waals surface area contributed by atoms with Gasteiger partial charge in [-0.25, -0.2) is 14.6 Å². The van der Waals surface area contributed by atoms with Crippen molar-refractivity contribution in [2.24, 2.45) is 0 Å². The van der Waals surface area contributed by atoms with Gasteiger partial charge in [-0.3, -0.25) is 14.9 Å². The minimum atomic E-state index is -1.17. The van der Waals surface area contributed by atoms with Crippen molar-refractivity contribution >= 4 is 29.5 Å². The molecule has 1 aromatic rings. The Morgan fingerprint density at radius 2 is 2.10 bits per heavy atom. The minimum absolute atomic E-state index is 0.147. The number of hydrogen-bond acceptors (Lipinski definition) is 5. The van der Waals surface area contributed by atoms with Crippen LogP contribution in [0.25, 0.3) is 0 Å². The van der Waals surface area contributed by atoms with E-state index < -0.39 is 23.9 Å². The Morgan fingerprint density at radius 1 is 1.33 bits per heavy atom. The van der Waals surface area contributed by atoms with Gasteiger partial charge in [0.25, 0.3) is 0 Å². The fourth-order valence-electron chi connectivity index (χ4n) is 1.75. The van der Waals surface area contributed by atoms with E-state index in [0.717, 1.165) is 0 Å². The van der Waals surface area contributed by atoms with E-state index in [0.29, 0.717) is 0 Å². The van der Waals surface area contributed by atoms with E-state index in [9.17, 15) is 19.2 Å². The molecule has 110 valence electrons. The molecule has 0 aromatic carbocycles. The lowest BCUT2D eigenvalue weighted by Gasteiger charge is -2.21. The molecule has 0 radical (unpaired) electrons. The number of carboxylic acid groups (broad SMARTS) is 1. The highest BCUT2D eigenvalue weighted by atomic mass is 16.4. The Hall–Kier alpha value is -2.97. The normalized spacial score (nSPS) is 17.8. The number of aromatic nitrogens is 1. The molecular formula is C12H12N4O5. The monoisotopic (exact) mass is 292 g/mol. The SMILES string of the molecule is O=C1CCC(NC(=O)Nc2ccc(C(=O)O)nc2)C(=O)N1. The molecule has 0 spiro atoms. The maximum Gasteiger partial charge on any atom is 0.354 e. The molecule has 9 heteroatoms. The quantitative estimate of drug-likeness (QED) is 0.565. The molecule has 1 unspecified atom stereocenters. The molecular weight excluding hydrogens is 280 g/mol. The minimum Gasteiger partial charge on any atom is -0.477 e. The van der Waals surface area contributed by atoms with Gasteiger partial charge in [-0.1, -0.05) is 0 Å². The van der Waals surface area contributed by atoms with Crippen LogP contribution in [0.3, 0.4) is 0 Å². The molecule has 21 heavy (non-hydrogen) atoms. The van der Waals surface area contributed by atoms with Crippen LogP contribution in [-0.4, -0.2) is 39.9 Å². The molecule has 1 atom stereocenters. The van der Waals surface area contributed by atoms with E-state index in [-0.39, 0.29) is 30.1 Å². The number of nitrogens with one attached hydrogen (secondary N) is 3. The Morgan fingerprint density at radius 3 is 2.67 bits per heavy atom. The Labute approximate surface area is 118 Å². The van der Waals surface area contributed by atoms with Crippen LogP contribution < -0.4 is 16.0 Å². The molecule has 1 aromatic heterocycles. The summed E-state index contributed by atoms with van der Waals surface area (Å²) in [5, 5.41) is 15.6. The third-order valence-electron chi connectivity index (χ3n) is 2.78.